The summed E-state index contributed by atoms with van der Waals surface area (Å²) < 4.78 is 6.46. The Hall–Kier alpha value is -3.94. The molecule has 0 saturated carbocycles. The van der Waals surface area contributed by atoms with Crippen molar-refractivity contribution >= 4 is 33.5 Å². The highest BCUT2D eigenvalue weighted by Crippen LogP contribution is 2.32. The molecule has 0 amide bonds. The van der Waals surface area contributed by atoms with E-state index >= 15 is 0 Å². The summed E-state index contributed by atoms with van der Waals surface area (Å²) in [6.45, 7) is 0.121. The van der Waals surface area contributed by atoms with Crippen molar-refractivity contribution in [2.45, 2.75) is 6.54 Å². The predicted octanol–water partition coefficient (Wildman–Crippen LogP) is 2.39. The van der Waals surface area contributed by atoms with Crippen LogP contribution in [0.25, 0.3) is 27.5 Å². The smallest absolute Gasteiger partial charge is 0.337 e. The van der Waals surface area contributed by atoms with Gasteiger partial charge in [0.05, 0.1) is 46.7 Å². The number of ether oxygens (including phenoxy) is 1. The highest BCUT2D eigenvalue weighted by atomic mass is 16.5. The van der Waals surface area contributed by atoms with Crippen molar-refractivity contribution in [3.63, 3.8) is 0 Å². The van der Waals surface area contributed by atoms with Crippen molar-refractivity contribution in [2.24, 2.45) is 0 Å². The molecule has 1 aliphatic heterocycles. The maximum Gasteiger partial charge on any atom is 0.337 e. The van der Waals surface area contributed by atoms with E-state index in [2.05, 4.69) is 15.0 Å². The zero-order valence-electron chi connectivity index (χ0n) is 14.8. The number of aliphatic hydroxyl groups excluding tert-OH is 1. The number of methoxy groups -OCH3 is 1. The van der Waals surface area contributed by atoms with Crippen LogP contribution in [0.15, 0.2) is 53.0 Å². The van der Waals surface area contributed by atoms with Crippen LogP contribution in [0.2, 0.25) is 0 Å². The molecule has 0 saturated heterocycles. The fourth-order valence-electron chi connectivity index (χ4n) is 3.53. The summed E-state index contributed by atoms with van der Waals surface area (Å²) >= 11 is 0. The van der Waals surface area contributed by atoms with Gasteiger partial charge in [-0.2, -0.15) is 4.98 Å². The van der Waals surface area contributed by atoms with E-state index in [1.54, 1.807) is 16.7 Å². The monoisotopic (exact) mass is 374 g/mol. The van der Waals surface area contributed by atoms with Crippen molar-refractivity contribution in [2.75, 3.05) is 7.11 Å². The molecule has 28 heavy (non-hydrogen) atoms. The molecule has 0 aliphatic carbocycles. The fraction of sp³-hybridized carbons (Fsp3) is 0.100. The van der Waals surface area contributed by atoms with Gasteiger partial charge in [-0.25, -0.2) is 9.78 Å². The van der Waals surface area contributed by atoms with Gasteiger partial charge in [0.2, 0.25) is 0 Å². The van der Waals surface area contributed by atoms with E-state index in [-0.39, 0.29) is 12.3 Å². The molecule has 2 N–H and O–H groups in total. The minimum atomic E-state index is -0.506. The lowest BCUT2D eigenvalue weighted by Crippen LogP contribution is -2.16. The van der Waals surface area contributed by atoms with Crippen LogP contribution in [0, 0.1) is 0 Å². The maximum absolute atomic E-state index is 12.6. The largest absolute Gasteiger partial charge is 0.509 e. The third-order valence-electron chi connectivity index (χ3n) is 4.85. The minimum absolute atomic E-state index is 0.0435. The Balaban J connectivity index is 1.75. The van der Waals surface area contributed by atoms with Crippen LogP contribution >= 0.6 is 0 Å². The topological polar surface area (TPSA) is 110 Å². The molecule has 1 aliphatic rings. The second kappa shape index (κ2) is 5.78. The number of hydrogen-bond acceptors (Lipinski definition) is 6. The molecule has 0 radical (unpaired) electrons. The third-order valence-corrected chi connectivity index (χ3v) is 4.85. The molecule has 8 nitrogen and oxygen atoms in total. The number of benzene rings is 2. The molecule has 0 spiro atoms. The summed E-state index contributed by atoms with van der Waals surface area (Å²) in [5, 5.41) is 11.0. The molecular formula is C20H14N4O4. The van der Waals surface area contributed by atoms with Crippen LogP contribution in [0.5, 0.6) is 0 Å². The van der Waals surface area contributed by atoms with Gasteiger partial charge in [0.1, 0.15) is 11.6 Å². The molecule has 3 heterocycles. The van der Waals surface area contributed by atoms with Gasteiger partial charge in [-0.1, -0.05) is 12.1 Å². The van der Waals surface area contributed by atoms with Gasteiger partial charge in [-0.05, 0) is 30.3 Å². The van der Waals surface area contributed by atoms with E-state index in [0.717, 1.165) is 11.0 Å². The molecule has 0 fully saturated rings. The van der Waals surface area contributed by atoms with E-state index in [4.69, 9.17) is 4.74 Å². The Kier molecular flexibility index (Phi) is 3.35. The van der Waals surface area contributed by atoms with E-state index in [1.807, 2.05) is 24.3 Å². The van der Waals surface area contributed by atoms with Gasteiger partial charge >= 0.3 is 5.97 Å². The number of rotatable bonds is 2. The molecule has 2 aromatic carbocycles. The number of aliphatic hydroxyl groups is 1. The molecular weight excluding hydrogens is 360 g/mol. The van der Waals surface area contributed by atoms with Gasteiger partial charge in [0.15, 0.2) is 5.82 Å². The quantitative estimate of drug-likeness (QED) is 0.521. The Morgan fingerprint density at radius 3 is 2.82 bits per heavy atom. The number of nitrogens with one attached hydrogen (secondary N) is 1. The number of H-pyrrole nitrogens is 1. The first-order chi connectivity index (χ1) is 13.6. The molecule has 8 heteroatoms. The van der Waals surface area contributed by atoms with Crippen LogP contribution in [-0.4, -0.2) is 37.7 Å². The number of aromatic amines is 1. The van der Waals surface area contributed by atoms with Crippen molar-refractivity contribution in [1.29, 1.82) is 0 Å². The zero-order chi connectivity index (χ0) is 19.4. The lowest BCUT2D eigenvalue weighted by Gasteiger charge is -2.10. The van der Waals surface area contributed by atoms with Gasteiger partial charge in [-0.3, -0.25) is 4.79 Å². The second-order valence-corrected chi connectivity index (χ2v) is 6.47. The van der Waals surface area contributed by atoms with Crippen LogP contribution in [-0.2, 0) is 11.3 Å². The minimum Gasteiger partial charge on any atom is -0.509 e. The highest BCUT2D eigenvalue weighted by molar-refractivity contribution is 5.95. The number of aromatic nitrogens is 4. The number of carbonyl (C=O) groups excluding carboxylic acids is 1. The number of nitrogens with zero attached hydrogens (tertiary/aromatic N) is 3. The van der Waals surface area contributed by atoms with Gasteiger partial charge < -0.3 is 19.4 Å². The number of hydrogen-bond donors (Lipinski definition) is 2. The number of fused-ring (bicyclic) bond motifs is 4. The molecule has 138 valence electrons. The summed E-state index contributed by atoms with van der Waals surface area (Å²) in [6, 6.07) is 12.1. The number of esters is 1. The average molecular weight is 374 g/mol. The standard InChI is InChI=1S/C20H14N4O4/c1-28-20(27)10-6-7-11-14(8-10)24-9-15(25)16(18(24)23-19(11)26)17-21-12-4-2-3-5-13(12)22-17/h2-8,25H,9H2,1H3,(H,21,22). The van der Waals surface area contributed by atoms with E-state index in [0.29, 0.717) is 33.7 Å². The van der Waals surface area contributed by atoms with Crippen molar-refractivity contribution in [1.82, 2.24) is 19.5 Å². The molecule has 0 unspecified atom stereocenters. The van der Waals surface area contributed by atoms with Crippen molar-refractivity contribution in [3.05, 3.63) is 75.8 Å². The van der Waals surface area contributed by atoms with Crippen LogP contribution in [0.3, 0.4) is 0 Å². The van der Waals surface area contributed by atoms with Crippen LogP contribution in [0.1, 0.15) is 22.0 Å². The average Bonchev–Trinajstić information content (AvgIpc) is 3.27. The normalized spacial score (nSPS) is 13.3. The van der Waals surface area contributed by atoms with Crippen LogP contribution < -0.4 is 5.56 Å². The molecule has 0 bridgehead atoms. The van der Waals surface area contributed by atoms with E-state index in [9.17, 15) is 14.7 Å². The van der Waals surface area contributed by atoms with E-state index in [1.165, 1.54) is 13.2 Å². The predicted molar refractivity (Wildman–Crippen MR) is 102 cm³/mol. The molecule has 4 aromatic rings. The maximum atomic E-state index is 12.6. The summed E-state index contributed by atoms with van der Waals surface area (Å²) in [5.74, 6) is 0.270. The number of carbonyl (C=O) groups is 1. The van der Waals surface area contributed by atoms with Gasteiger partial charge in [0, 0.05) is 0 Å². The Labute approximate surface area is 157 Å². The fourth-order valence-corrected chi connectivity index (χ4v) is 3.53. The summed E-state index contributed by atoms with van der Waals surface area (Å²) in [4.78, 5) is 36.3. The molecule has 0 atom stereocenters. The summed E-state index contributed by atoms with van der Waals surface area (Å²) in [7, 11) is 1.29. The SMILES string of the molecule is COC(=O)c1ccc2c(=O)nc3n(c2c1)CC(O)=C3c1nc2ccccc2[nH]1. The lowest BCUT2D eigenvalue weighted by molar-refractivity contribution is 0.0601. The van der Waals surface area contributed by atoms with Crippen molar-refractivity contribution < 1.29 is 14.6 Å². The van der Waals surface area contributed by atoms with Gasteiger partial charge in [0.25, 0.3) is 5.56 Å². The Morgan fingerprint density at radius 2 is 2.04 bits per heavy atom. The third kappa shape index (κ3) is 2.24. The molecule has 5 rings (SSSR count). The number of para-hydroxylation sites is 2. The van der Waals surface area contributed by atoms with E-state index < -0.39 is 11.5 Å². The molecule has 2 aromatic heterocycles. The lowest BCUT2D eigenvalue weighted by atomic mass is 10.1. The van der Waals surface area contributed by atoms with Gasteiger partial charge in [-0.15, -0.1) is 0 Å². The first kappa shape index (κ1) is 16.2. The first-order valence-corrected chi connectivity index (χ1v) is 8.57. The van der Waals surface area contributed by atoms with Crippen molar-refractivity contribution in [3.8, 4) is 0 Å². The highest BCUT2D eigenvalue weighted by Gasteiger charge is 2.28. The van der Waals surface area contributed by atoms with Crippen LogP contribution in [0.4, 0.5) is 0 Å². The number of imidazole rings is 1. The Bertz CT molecular complexity index is 1350. The first-order valence-electron chi connectivity index (χ1n) is 8.57. The summed E-state index contributed by atoms with van der Waals surface area (Å²) in [6.07, 6.45) is 0. The zero-order valence-corrected chi connectivity index (χ0v) is 14.8. The second-order valence-electron chi connectivity index (χ2n) is 6.47. The number of allylic oxidation sites excluding steroid dienone is 1. The Morgan fingerprint density at radius 1 is 1.21 bits per heavy atom. The summed E-state index contributed by atoms with van der Waals surface area (Å²) in [5.41, 5.74) is 2.29.